The molecule has 16 heavy (non-hydrogen) atoms. The number of nitrogens with zero attached hydrogens (tertiary/aromatic N) is 1. The van der Waals surface area contributed by atoms with Gasteiger partial charge >= 0.3 is 6.09 Å². The Kier molecular flexibility index (Phi) is 5.41. The van der Waals surface area contributed by atoms with E-state index in [4.69, 9.17) is 4.74 Å². The van der Waals surface area contributed by atoms with Crippen LogP contribution in [0.1, 0.15) is 33.6 Å². The molecular weight excluding hydrogens is 224 g/mol. The van der Waals surface area contributed by atoms with Crippen LogP contribution in [0.4, 0.5) is 4.79 Å². The maximum absolute atomic E-state index is 11.4. The molecule has 0 radical (unpaired) electrons. The van der Waals surface area contributed by atoms with Crippen molar-refractivity contribution in [2.75, 3.05) is 13.1 Å². The molecule has 1 saturated heterocycles. The topological polar surface area (TPSA) is 41.6 Å². The molecule has 0 saturated carbocycles. The first-order valence-electron chi connectivity index (χ1n) is 5.88. The number of likely N-dealkylation sites (tertiary alicyclic amines) is 1. The molecule has 1 fully saturated rings. The fourth-order valence-electron chi connectivity index (χ4n) is 1.83. The Labute approximate surface area is 103 Å². The Morgan fingerprint density at radius 3 is 2.38 bits per heavy atom. The number of nitrogens with one attached hydrogen (secondary N) is 1. The summed E-state index contributed by atoms with van der Waals surface area (Å²) in [4.78, 5) is 13.7. The molecule has 1 rings (SSSR count). The van der Waals surface area contributed by atoms with Gasteiger partial charge in [0.25, 0.3) is 0 Å². The van der Waals surface area contributed by atoms with E-state index in [9.17, 15) is 4.79 Å². The molecule has 0 spiro atoms. The first-order chi connectivity index (χ1) is 7.49. The van der Waals surface area contributed by atoms with Gasteiger partial charge in [-0.05, 0) is 33.6 Å². The van der Waals surface area contributed by atoms with E-state index >= 15 is 0 Å². The molecule has 1 amide bonds. The van der Waals surface area contributed by atoms with Gasteiger partial charge in [0.05, 0.1) is 6.10 Å². The Bertz CT molecular complexity index is 226. The smallest absolute Gasteiger partial charge is 0.407 e. The summed E-state index contributed by atoms with van der Waals surface area (Å²) in [6.45, 7) is 7.74. The second-order valence-corrected chi connectivity index (χ2v) is 5.29. The van der Waals surface area contributed by atoms with Gasteiger partial charge in [0.1, 0.15) is 0 Å². The highest BCUT2D eigenvalue weighted by Crippen LogP contribution is 2.14. The molecule has 1 aliphatic heterocycles. The molecule has 1 aliphatic rings. The van der Waals surface area contributed by atoms with Crippen molar-refractivity contribution < 1.29 is 9.53 Å². The first-order valence-corrected chi connectivity index (χ1v) is 6.40. The van der Waals surface area contributed by atoms with Crippen LogP contribution >= 0.6 is 12.6 Å². The maximum Gasteiger partial charge on any atom is 0.407 e. The molecule has 1 atom stereocenters. The molecule has 0 aromatic heterocycles. The van der Waals surface area contributed by atoms with Crippen molar-refractivity contribution in [3.8, 4) is 0 Å². The standard InChI is InChI=1S/C11H22N2O2S/c1-8(2)15-11(14)12-10-4-6-13(7-5-10)9(3)16/h8-10,16H,4-7H2,1-3H3,(H,12,14). The lowest BCUT2D eigenvalue weighted by atomic mass is 10.1. The van der Waals surface area contributed by atoms with Crippen LogP contribution in [-0.4, -0.2) is 41.6 Å². The summed E-state index contributed by atoms with van der Waals surface area (Å²) in [6, 6.07) is 0.245. The van der Waals surface area contributed by atoms with Crippen molar-refractivity contribution in [1.29, 1.82) is 0 Å². The molecule has 0 bridgehead atoms. The van der Waals surface area contributed by atoms with Crippen LogP contribution in [0.15, 0.2) is 0 Å². The first kappa shape index (κ1) is 13.6. The van der Waals surface area contributed by atoms with Crippen molar-refractivity contribution in [3.63, 3.8) is 0 Å². The summed E-state index contributed by atoms with van der Waals surface area (Å²) in [5.74, 6) is 0. The monoisotopic (exact) mass is 246 g/mol. The zero-order valence-corrected chi connectivity index (χ0v) is 11.2. The fraction of sp³-hybridized carbons (Fsp3) is 0.909. The van der Waals surface area contributed by atoms with Crippen molar-refractivity contribution in [2.24, 2.45) is 0 Å². The summed E-state index contributed by atoms with van der Waals surface area (Å²) < 4.78 is 5.05. The molecule has 1 N–H and O–H groups in total. The number of ether oxygens (including phenoxy) is 1. The second-order valence-electron chi connectivity index (χ2n) is 4.54. The van der Waals surface area contributed by atoms with Crippen LogP contribution in [0.5, 0.6) is 0 Å². The van der Waals surface area contributed by atoms with E-state index < -0.39 is 0 Å². The number of rotatable bonds is 3. The highest BCUT2D eigenvalue weighted by atomic mass is 32.1. The summed E-state index contributed by atoms with van der Waals surface area (Å²) >= 11 is 4.40. The number of amides is 1. The van der Waals surface area contributed by atoms with Gasteiger partial charge in [-0.15, -0.1) is 0 Å². The second kappa shape index (κ2) is 6.35. The maximum atomic E-state index is 11.4. The third-order valence-corrected chi connectivity index (χ3v) is 3.05. The molecular formula is C11H22N2O2S. The Morgan fingerprint density at radius 1 is 1.38 bits per heavy atom. The molecule has 1 unspecified atom stereocenters. The number of thiol groups is 1. The van der Waals surface area contributed by atoms with Crippen LogP contribution in [0.25, 0.3) is 0 Å². The number of hydrogen-bond donors (Lipinski definition) is 2. The highest BCUT2D eigenvalue weighted by molar-refractivity contribution is 7.80. The zero-order valence-electron chi connectivity index (χ0n) is 10.3. The van der Waals surface area contributed by atoms with Crippen molar-refractivity contribution in [3.05, 3.63) is 0 Å². The Morgan fingerprint density at radius 2 is 1.94 bits per heavy atom. The minimum Gasteiger partial charge on any atom is -0.447 e. The van der Waals surface area contributed by atoms with Gasteiger partial charge in [0, 0.05) is 24.5 Å². The number of piperidine rings is 1. The number of carbonyl (C=O) groups is 1. The van der Waals surface area contributed by atoms with Gasteiger partial charge in [0.2, 0.25) is 0 Å². The van der Waals surface area contributed by atoms with Crippen LogP contribution in [0, 0.1) is 0 Å². The number of alkyl carbamates (subject to hydrolysis) is 1. The van der Waals surface area contributed by atoms with Gasteiger partial charge in [-0.3, -0.25) is 4.90 Å². The van der Waals surface area contributed by atoms with Gasteiger partial charge in [-0.25, -0.2) is 4.79 Å². The van der Waals surface area contributed by atoms with Gasteiger partial charge in [-0.1, -0.05) is 0 Å². The van der Waals surface area contributed by atoms with Crippen molar-refractivity contribution in [2.45, 2.75) is 51.1 Å². The van der Waals surface area contributed by atoms with Crippen molar-refractivity contribution in [1.82, 2.24) is 10.2 Å². The summed E-state index contributed by atoms with van der Waals surface area (Å²) in [7, 11) is 0. The molecule has 4 nitrogen and oxygen atoms in total. The molecule has 0 aromatic rings. The van der Waals surface area contributed by atoms with Crippen LogP contribution < -0.4 is 5.32 Å². The van der Waals surface area contributed by atoms with Crippen LogP contribution in [-0.2, 0) is 4.74 Å². The minimum atomic E-state index is -0.299. The van der Waals surface area contributed by atoms with Crippen molar-refractivity contribution >= 4 is 18.7 Å². The molecule has 0 aromatic carbocycles. The Hall–Kier alpha value is -0.420. The van der Waals surface area contributed by atoms with E-state index in [-0.39, 0.29) is 18.2 Å². The predicted molar refractivity (Wildman–Crippen MR) is 67.8 cm³/mol. The lowest BCUT2D eigenvalue weighted by molar-refractivity contribution is 0.105. The summed E-state index contributed by atoms with van der Waals surface area (Å²) in [5, 5.41) is 3.19. The normalized spacial score (nSPS) is 20.8. The van der Waals surface area contributed by atoms with E-state index in [1.54, 1.807) is 0 Å². The van der Waals surface area contributed by atoms with E-state index in [0.29, 0.717) is 5.37 Å². The molecule has 1 heterocycles. The zero-order chi connectivity index (χ0) is 12.1. The van der Waals surface area contributed by atoms with E-state index in [2.05, 4.69) is 29.8 Å². The minimum absolute atomic E-state index is 0.0578. The lowest BCUT2D eigenvalue weighted by Crippen LogP contribution is -2.46. The summed E-state index contributed by atoms with van der Waals surface area (Å²) in [5.41, 5.74) is 0. The van der Waals surface area contributed by atoms with Gasteiger partial charge in [0.15, 0.2) is 0 Å². The summed E-state index contributed by atoms with van der Waals surface area (Å²) in [6.07, 6.45) is 1.58. The van der Waals surface area contributed by atoms with E-state index in [1.807, 2.05) is 13.8 Å². The average Bonchev–Trinajstić information content (AvgIpc) is 2.16. The van der Waals surface area contributed by atoms with Gasteiger partial charge in [-0.2, -0.15) is 12.6 Å². The van der Waals surface area contributed by atoms with E-state index in [0.717, 1.165) is 25.9 Å². The van der Waals surface area contributed by atoms with Gasteiger partial charge < -0.3 is 10.1 Å². The van der Waals surface area contributed by atoms with Crippen LogP contribution in [0.2, 0.25) is 0 Å². The van der Waals surface area contributed by atoms with E-state index in [1.165, 1.54) is 0 Å². The predicted octanol–water partition coefficient (Wildman–Crippen LogP) is 1.86. The third kappa shape index (κ3) is 4.61. The largest absolute Gasteiger partial charge is 0.447 e. The highest BCUT2D eigenvalue weighted by Gasteiger charge is 2.22. The molecule has 0 aliphatic carbocycles. The number of carbonyl (C=O) groups excluding carboxylic acids is 1. The van der Waals surface area contributed by atoms with Crippen LogP contribution in [0.3, 0.4) is 0 Å². The Balaban J connectivity index is 2.24. The average molecular weight is 246 g/mol. The molecule has 94 valence electrons. The molecule has 5 heteroatoms. The fourth-order valence-corrected chi connectivity index (χ4v) is 2.06. The lowest BCUT2D eigenvalue weighted by Gasteiger charge is -2.34. The number of hydrogen-bond acceptors (Lipinski definition) is 4. The third-order valence-electron chi connectivity index (χ3n) is 2.72. The quantitative estimate of drug-likeness (QED) is 0.747. The SMILES string of the molecule is CC(C)OC(=O)NC1CCN(C(C)S)CC1.